The van der Waals surface area contributed by atoms with E-state index in [-0.39, 0.29) is 5.41 Å². The summed E-state index contributed by atoms with van der Waals surface area (Å²) in [4.78, 5) is 9.02. The van der Waals surface area contributed by atoms with Crippen LogP contribution in [0.5, 0.6) is 0 Å². The fraction of sp³-hybridized carbons (Fsp3) is 0.765. The lowest BCUT2D eigenvalue weighted by atomic mass is 9.79. The lowest BCUT2D eigenvalue weighted by Gasteiger charge is -2.28. The van der Waals surface area contributed by atoms with Crippen LogP contribution in [0.4, 0.5) is 0 Å². The zero-order valence-corrected chi connectivity index (χ0v) is 13.0. The van der Waals surface area contributed by atoms with Gasteiger partial charge in [-0.15, -0.1) is 0 Å². The van der Waals surface area contributed by atoms with E-state index in [0.717, 1.165) is 5.82 Å². The van der Waals surface area contributed by atoms with Gasteiger partial charge in [-0.1, -0.05) is 65.7 Å². The number of nitrogens with zero attached hydrogens (tertiary/aromatic N) is 2. The number of rotatable bonds is 10. The van der Waals surface area contributed by atoms with Gasteiger partial charge in [0, 0.05) is 17.8 Å². The van der Waals surface area contributed by atoms with E-state index >= 15 is 0 Å². The zero-order valence-electron chi connectivity index (χ0n) is 13.0. The van der Waals surface area contributed by atoms with E-state index in [1.165, 1.54) is 57.8 Å². The van der Waals surface area contributed by atoms with Crippen molar-refractivity contribution in [3.8, 4) is 0 Å². The second-order valence-electron chi connectivity index (χ2n) is 5.90. The minimum atomic E-state index is 0.170. The zero-order chi connectivity index (χ0) is 14.0. The molecule has 0 N–H and O–H groups in total. The van der Waals surface area contributed by atoms with E-state index < -0.39 is 0 Å². The summed E-state index contributed by atoms with van der Waals surface area (Å²) in [6.45, 7) is 6.87. The Morgan fingerprint density at radius 3 is 2.05 bits per heavy atom. The molecule has 0 amide bonds. The first-order valence-electron chi connectivity index (χ1n) is 8.00. The van der Waals surface area contributed by atoms with Gasteiger partial charge in [-0.25, -0.2) is 9.97 Å². The predicted octanol–water partition coefficient (Wildman–Crippen LogP) is 5.29. The van der Waals surface area contributed by atoms with E-state index in [1.807, 2.05) is 18.5 Å². The molecule has 0 saturated carbocycles. The smallest absolute Gasteiger partial charge is 0.134 e. The summed E-state index contributed by atoms with van der Waals surface area (Å²) in [5.41, 5.74) is 0.170. The molecule has 2 heteroatoms. The van der Waals surface area contributed by atoms with Crippen LogP contribution < -0.4 is 0 Å². The van der Waals surface area contributed by atoms with Crippen LogP contribution in [0, 0.1) is 0 Å². The Morgan fingerprint density at radius 2 is 1.42 bits per heavy atom. The molecule has 0 aromatic carbocycles. The summed E-state index contributed by atoms with van der Waals surface area (Å²) in [6, 6.07) is 1.91. The second kappa shape index (κ2) is 9.06. The first-order valence-corrected chi connectivity index (χ1v) is 8.00. The summed E-state index contributed by atoms with van der Waals surface area (Å²) in [6.07, 6.45) is 15.4. The van der Waals surface area contributed by atoms with Crippen molar-refractivity contribution in [2.24, 2.45) is 0 Å². The Bertz CT molecular complexity index is 323. The van der Waals surface area contributed by atoms with E-state index in [4.69, 9.17) is 0 Å². The molecule has 1 rings (SSSR count). The van der Waals surface area contributed by atoms with Crippen LogP contribution >= 0.6 is 0 Å². The molecule has 0 radical (unpaired) electrons. The van der Waals surface area contributed by atoms with Crippen molar-refractivity contribution < 1.29 is 0 Å². The summed E-state index contributed by atoms with van der Waals surface area (Å²) < 4.78 is 0. The molecule has 1 heterocycles. The Hall–Kier alpha value is -0.920. The molecule has 0 aliphatic rings. The molecule has 0 fully saturated rings. The maximum Gasteiger partial charge on any atom is 0.134 e. The van der Waals surface area contributed by atoms with Crippen molar-refractivity contribution >= 4 is 0 Å². The summed E-state index contributed by atoms with van der Waals surface area (Å²) in [5, 5.41) is 0. The molecule has 1 aromatic rings. The van der Waals surface area contributed by atoms with Gasteiger partial charge >= 0.3 is 0 Å². The third kappa shape index (κ3) is 5.71. The first kappa shape index (κ1) is 16.1. The quantitative estimate of drug-likeness (QED) is 0.536. The van der Waals surface area contributed by atoms with E-state index in [1.54, 1.807) is 0 Å². The lowest BCUT2D eigenvalue weighted by molar-refractivity contribution is 0.349. The molecular formula is C17H30N2. The van der Waals surface area contributed by atoms with E-state index in [0.29, 0.717) is 0 Å². The molecular weight excluding hydrogens is 232 g/mol. The Kier molecular flexibility index (Phi) is 7.69. The van der Waals surface area contributed by atoms with E-state index in [2.05, 4.69) is 30.7 Å². The number of unbranched alkanes of at least 4 members (excludes halogenated alkanes) is 5. The Morgan fingerprint density at radius 1 is 0.842 bits per heavy atom. The van der Waals surface area contributed by atoms with Crippen molar-refractivity contribution in [2.45, 2.75) is 84.0 Å². The van der Waals surface area contributed by atoms with E-state index in [9.17, 15) is 0 Å². The van der Waals surface area contributed by atoms with Crippen LogP contribution in [0.3, 0.4) is 0 Å². The Balaban J connectivity index is 2.55. The summed E-state index contributed by atoms with van der Waals surface area (Å²) in [7, 11) is 0. The molecule has 0 saturated heterocycles. The van der Waals surface area contributed by atoms with Crippen LogP contribution in [0.15, 0.2) is 18.5 Å². The molecule has 0 aliphatic carbocycles. The van der Waals surface area contributed by atoms with Crippen molar-refractivity contribution in [1.82, 2.24) is 9.97 Å². The Labute approximate surface area is 119 Å². The standard InChI is InChI=1S/C17H30N2/c1-4-6-8-9-10-13-17(3,12-7-5-2)16-18-14-11-15-19-16/h11,14-15H,4-10,12-13H2,1-3H3. The van der Waals surface area contributed by atoms with Gasteiger partial charge in [0.05, 0.1) is 0 Å². The van der Waals surface area contributed by atoms with Crippen molar-refractivity contribution in [3.05, 3.63) is 24.3 Å². The highest BCUT2D eigenvalue weighted by atomic mass is 14.9. The third-order valence-electron chi connectivity index (χ3n) is 4.02. The van der Waals surface area contributed by atoms with Gasteiger partial charge in [0.25, 0.3) is 0 Å². The van der Waals surface area contributed by atoms with Crippen LogP contribution in [-0.2, 0) is 5.41 Å². The lowest BCUT2D eigenvalue weighted by Crippen LogP contribution is -2.25. The number of aromatic nitrogens is 2. The van der Waals surface area contributed by atoms with Crippen LogP contribution in [0.1, 0.15) is 84.4 Å². The molecule has 19 heavy (non-hydrogen) atoms. The monoisotopic (exact) mass is 262 g/mol. The molecule has 0 bridgehead atoms. The van der Waals surface area contributed by atoms with Gasteiger partial charge in [-0.2, -0.15) is 0 Å². The molecule has 1 atom stereocenters. The summed E-state index contributed by atoms with van der Waals surface area (Å²) in [5.74, 6) is 1.04. The molecule has 0 aliphatic heterocycles. The minimum absolute atomic E-state index is 0.170. The molecule has 0 spiro atoms. The first-order chi connectivity index (χ1) is 9.23. The maximum atomic E-state index is 4.51. The van der Waals surface area contributed by atoms with Crippen molar-refractivity contribution in [1.29, 1.82) is 0 Å². The molecule has 1 aromatic heterocycles. The molecule has 1 unspecified atom stereocenters. The number of hydrogen-bond acceptors (Lipinski definition) is 2. The summed E-state index contributed by atoms with van der Waals surface area (Å²) >= 11 is 0. The fourth-order valence-corrected chi connectivity index (χ4v) is 2.65. The molecule has 2 nitrogen and oxygen atoms in total. The van der Waals surface area contributed by atoms with Gasteiger partial charge in [-0.05, 0) is 18.9 Å². The SMILES string of the molecule is CCCCCCCC(C)(CCCC)c1ncccn1. The second-order valence-corrected chi connectivity index (χ2v) is 5.90. The van der Waals surface area contributed by atoms with Crippen molar-refractivity contribution in [2.75, 3.05) is 0 Å². The van der Waals surface area contributed by atoms with Crippen molar-refractivity contribution in [3.63, 3.8) is 0 Å². The van der Waals surface area contributed by atoms with Gasteiger partial charge < -0.3 is 0 Å². The minimum Gasteiger partial charge on any atom is -0.241 e. The van der Waals surface area contributed by atoms with Gasteiger partial charge in [-0.3, -0.25) is 0 Å². The van der Waals surface area contributed by atoms with Gasteiger partial charge in [0.15, 0.2) is 0 Å². The van der Waals surface area contributed by atoms with Crippen LogP contribution in [-0.4, -0.2) is 9.97 Å². The molecule has 108 valence electrons. The van der Waals surface area contributed by atoms with Gasteiger partial charge in [0.2, 0.25) is 0 Å². The largest absolute Gasteiger partial charge is 0.241 e. The normalized spacial score (nSPS) is 14.3. The van der Waals surface area contributed by atoms with Crippen LogP contribution in [0.2, 0.25) is 0 Å². The maximum absolute atomic E-state index is 4.51. The highest BCUT2D eigenvalue weighted by Gasteiger charge is 2.28. The predicted molar refractivity (Wildman–Crippen MR) is 82.3 cm³/mol. The average molecular weight is 262 g/mol. The fourth-order valence-electron chi connectivity index (χ4n) is 2.65. The highest BCUT2D eigenvalue weighted by molar-refractivity contribution is 5.05. The highest BCUT2D eigenvalue weighted by Crippen LogP contribution is 2.32. The van der Waals surface area contributed by atoms with Gasteiger partial charge in [0.1, 0.15) is 5.82 Å². The van der Waals surface area contributed by atoms with Crippen LogP contribution in [0.25, 0.3) is 0 Å². The number of hydrogen-bond donors (Lipinski definition) is 0. The topological polar surface area (TPSA) is 25.8 Å². The third-order valence-corrected chi connectivity index (χ3v) is 4.02. The average Bonchev–Trinajstić information content (AvgIpc) is 2.46.